The minimum absolute atomic E-state index is 0.0321. The van der Waals surface area contributed by atoms with E-state index in [1.807, 2.05) is 41.6 Å². The Morgan fingerprint density at radius 3 is 2.32 bits per heavy atom. The number of nitrogens with zero attached hydrogens (tertiary/aromatic N) is 7. The van der Waals surface area contributed by atoms with E-state index in [-0.39, 0.29) is 65.6 Å². The maximum atomic E-state index is 13.4. The number of aromatic nitrogens is 4. The van der Waals surface area contributed by atoms with Crippen molar-refractivity contribution < 1.29 is 33.5 Å². The van der Waals surface area contributed by atoms with Gasteiger partial charge in [-0.3, -0.25) is 39.0 Å². The van der Waals surface area contributed by atoms with E-state index < -0.39 is 29.7 Å². The number of rotatable bonds is 12. The first-order valence-electron chi connectivity index (χ1n) is 23.9. The van der Waals surface area contributed by atoms with E-state index in [9.17, 15) is 28.8 Å². The van der Waals surface area contributed by atoms with E-state index in [1.165, 1.54) is 11.6 Å². The van der Waals surface area contributed by atoms with Crippen molar-refractivity contribution in [2.45, 2.75) is 101 Å². The number of carbonyl (C=O) groups excluding carboxylic acids is 6. The van der Waals surface area contributed by atoms with Crippen LogP contribution in [0, 0.1) is 5.41 Å². The molecule has 6 amide bonds. The number of imide groups is 2. The Morgan fingerprint density at radius 1 is 0.809 bits per heavy atom. The Hall–Kier alpha value is -7.01. The molecule has 6 aliphatic rings. The van der Waals surface area contributed by atoms with Crippen LogP contribution in [0.5, 0.6) is 5.75 Å². The topological polar surface area (TPSA) is 201 Å². The van der Waals surface area contributed by atoms with E-state index in [0.717, 1.165) is 91.8 Å². The van der Waals surface area contributed by atoms with Crippen LogP contribution in [0.1, 0.15) is 108 Å². The fourth-order valence-corrected chi connectivity index (χ4v) is 11.4. The Morgan fingerprint density at radius 2 is 1.57 bits per heavy atom. The van der Waals surface area contributed by atoms with E-state index in [1.54, 1.807) is 18.5 Å². The lowest BCUT2D eigenvalue weighted by atomic mass is 9.59. The molecule has 2 saturated carbocycles. The zero-order valence-electron chi connectivity index (χ0n) is 37.8. The van der Waals surface area contributed by atoms with E-state index in [0.29, 0.717) is 37.3 Å². The molecule has 1 spiro atoms. The van der Waals surface area contributed by atoms with E-state index in [2.05, 4.69) is 59.7 Å². The smallest absolute Gasteiger partial charge is 0.266 e. The van der Waals surface area contributed by atoms with Gasteiger partial charge in [0.2, 0.25) is 17.7 Å². The lowest BCUT2D eigenvalue weighted by Crippen LogP contribution is -2.57. The summed E-state index contributed by atoms with van der Waals surface area (Å²) >= 11 is 0. The first-order valence-corrected chi connectivity index (χ1v) is 23.9. The number of imidazole rings is 1. The van der Waals surface area contributed by atoms with Crippen molar-refractivity contribution in [2.75, 3.05) is 38.1 Å². The van der Waals surface area contributed by atoms with Gasteiger partial charge in [0.05, 0.1) is 23.9 Å². The molecule has 2 aliphatic carbocycles. The van der Waals surface area contributed by atoms with Crippen molar-refractivity contribution in [3.63, 3.8) is 0 Å². The number of hydrogen-bond donors (Lipinski definition) is 3. The largest absolute Gasteiger partial charge is 0.483 e. The predicted octanol–water partition coefficient (Wildman–Crippen LogP) is 5.06. The van der Waals surface area contributed by atoms with Gasteiger partial charge in [-0.05, 0) is 118 Å². The Bertz CT molecular complexity index is 2780. The molecule has 17 heteroatoms. The molecule has 68 heavy (non-hydrogen) atoms. The summed E-state index contributed by atoms with van der Waals surface area (Å²) in [6.07, 6.45) is 12.0. The van der Waals surface area contributed by atoms with Gasteiger partial charge in [-0.2, -0.15) is 0 Å². The number of piperidine rings is 3. The summed E-state index contributed by atoms with van der Waals surface area (Å²) in [6, 6.07) is 23.0. The highest BCUT2D eigenvalue weighted by Gasteiger charge is 2.49. The van der Waals surface area contributed by atoms with Gasteiger partial charge in [-0.15, -0.1) is 0 Å². The van der Waals surface area contributed by atoms with Gasteiger partial charge in [0.25, 0.3) is 17.7 Å². The second-order valence-electron chi connectivity index (χ2n) is 19.5. The minimum atomic E-state index is -1.08. The fourth-order valence-electron chi connectivity index (χ4n) is 11.4. The van der Waals surface area contributed by atoms with E-state index >= 15 is 0 Å². The first-order chi connectivity index (χ1) is 33.1. The second kappa shape index (κ2) is 17.9. The molecule has 0 bridgehead atoms. The molecule has 3 saturated heterocycles. The van der Waals surface area contributed by atoms with Crippen LogP contribution in [0.2, 0.25) is 0 Å². The van der Waals surface area contributed by atoms with Crippen molar-refractivity contribution >= 4 is 58.1 Å². The van der Waals surface area contributed by atoms with Crippen molar-refractivity contribution in [1.82, 2.24) is 44.9 Å². The van der Waals surface area contributed by atoms with Gasteiger partial charge >= 0.3 is 0 Å². The monoisotopic (exact) mass is 918 g/mol. The molecule has 4 aliphatic heterocycles. The molecular formula is C51H54N10O7. The summed E-state index contributed by atoms with van der Waals surface area (Å²) in [5, 5.41) is 8.85. The van der Waals surface area contributed by atoms with Gasteiger partial charge < -0.3 is 29.7 Å². The molecule has 17 nitrogen and oxygen atoms in total. The molecule has 350 valence electrons. The Kier molecular flexibility index (Phi) is 11.5. The second-order valence-corrected chi connectivity index (χ2v) is 19.5. The Balaban J connectivity index is 0.613. The predicted molar refractivity (Wildman–Crippen MR) is 249 cm³/mol. The molecule has 2 aromatic heterocycles. The van der Waals surface area contributed by atoms with Crippen LogP contribution in [0.25, 0.3) is 11.2 Å². The van der Waals surface area contributed by atoms with Crippen LogP contribution in [-0.2, 0) is 25.6 Å². The van der Waals surface area contributed by atoms with Crippen LogP contribution in [-0.4, -0.2) is 121 Å². The van der Waals surface area contributed by atoms with Gasteiger partial charge in [0.1, 0.15) is 18.1 Å². The summed E-state index contributed by atoms with van der Waals surface area (Å²) in [6.45, 7) is 3.18. The number of nitrogens with one attached hydrogen (secondary N) is 3. The number of benzene rings is 3. The van der Waals surface area contributed by atoms with Crippen molar-refractivity contribution in [2.24, 2.45) is 5.41 Å². The first kappa shape index (κ1) is 43.6. The van der Waals surface area contributed by atoms with Crippen LogP contribution in [0.3, 0.4) is 0 Å². The molecule has 11 rings (SSSR count). The summed E-state index contributed by atoms with van der Waals surface area (Å²) in [5.41, 5.74) is 5.21. The molecule has 5 fully saturated rings. The lowest BCUT2D eigenvalue weighted by Gasteiger charge is -2.56. The minimum Gasteiger partial charge on any atom is -0.483 e. The average Bonchev–Trinajstić information content (AvgIpc) is 3.87. The summed E-state index contributed by atoms with van der Waals surface area (Å²) < 4.78 is 8.00. The average molecular weight is 919 g/mol. The van der Waals surface area contributed by atoms with E-state index in [4.69, 9.17) is 9.72 Å². The normalized spacial score (nSPS) is 23.0. The number of ether oxygens (including phenoxy) is 1. The van der Waals surface area contributed by atoms with Crippen LogP contribution < -0.4 is 20.7 Å². The van der Waals surface area contributed by atoms with Gasteiger partial charge in [-0.1, -0.05) is 48.5 Å². The maximum Gasteiger partial charge on any atom is 0.266 e. The SMILES string of the molecule is O=C1CC[C@H](N2C(=O)c3cccc(OCC(=O)N4CCC5(CC4)CC(N4CCC(c6ccc(Nc7ncnc8c7ncn8C7CC(NC(=O)Cc8ccccc8)C7)cc6)CC4)C5)c3C2=O)C(=O)N1. The van der Waals surface area contributed by atoms with Crippen LogP contribution in [0.4, 0.5) is 11.5 Å². The zero-order valence-corrected chi connectivity index (χ0v) is 37.8. The van der Waals surface area contributed by atoms with Gasteiger partial charge in [-0.25, -0.2) is 15.0 Å². The summed E-state index contributed by atoms with van der Waals surface area (Å²) in [7, 11) is 0. The summed E-state index contributed by atoms with van der Waals surface area (Å²) in [4.78, 5) is 96.0. The highest BCUT2D eigenvalue weighted by molar-refractivity contribution is 6.24. The quantitative estimate of drug-likeness (QED) is 0.141. The molecule has 5 aromatic rings. The molecule has 3 aromatic carbocycles. The molecule has 1 atom stereocenters. The number of hydrogen-bond acceptors (Lipinski definition) is 12. The molecular weight excluding hydrogens is 865 g/mol. The highest BCUT2D eigenvalue weighted by Crippen LogP contribution is 2.52. The summed E-state index contributed by atoms with van der Waals surface area (Å²) in [5.74, 6) is -1.22. The van der Waals surface area contributed by atoms with Crippen LogP contribution >= 0.6 is 0 Å². The van der Waals surface area contributed by atoms with Crippen LogP contribution in [0.15, 0.2) is 85.5 Å². The molecule has 3 N–H and O–H groups in total. The van der Waals surface area contributed by atoms with Crippen molar-refractivity contribution in [3.8, 4) is 5.75 Å². The number of likely N-dealkylation sites (tertiary alicyclic amines) is 2. The number of carbonyl (C=O) groups is 6. The standard InChI is InChI=1S/C51H54N10O7/c62-41-14-13-39(48(65)57-41)61-49(66)38-7-4-8-40(44(38)50(61)67)68-28-43(64)59-21-17-51(18-22-59)26-37(27-51)58-19-15-33(16-20-58)32-9-11-34(12-10-32)56-46-45-47(53-29-52-46)60(30-54-45)36-24-35(25-36)55-42(63)23-31-5-2-1-3-6-31/h1-12,29-30,33,35-37,39H,13-28H2,(H,55,63)(H,52,53,56)(H,57,62,65)/t35?,36?,39-/m0/s1. The number of anilines is 2. The molecule has 0 unspecified atom stereocenters. The van der Waals surface area contributed by atoms with Gasteiger partial charge in [0, 0.05) is 43.3 Å². The third kappa shape index (κ3) is 8.37. The zero-order chi connectivity index (χ0) is 46.5. The van der Waals surface area contributed by atoms with Crippen molar-refractivity contribution in [1.29, 1.82) is 0 Å². The third-order valence-corrected chi connectivity index (χ3v) is 15.4. The fraction of sp³-hybridized carbons (Fsp3) is 0.431. The van der Waals surface area contributed by atoms with Crippen molar-refractivity contribution in [3.05, 3.63) is 108 Å². The molecule has 6 heterocycles. The highest BCUT2D eigenvalue weighted by atomic mass is 16.5. The third-order valence-electron chi connectivity index (χ3n) is 15.4. The number of amides is 6. The Labute approximate surface area is 393 Å². The molecule has 0 radical (unpaired) electrons. The van der Waals surface area contributed by atoms with Gasteiger partial charge in [0.15, 0.2) is 23.6 Å². The number of fused-ring (bicyclic) bond motifs is 2. The maximum absolute atomic E-state index is 13.4. The lowest BCUT2D eigenvalue weighted by molar-refractivity contribution is -0.138.